The van der Waals surface area contributed by atoms with Crippen LogP contribution >= 0.6 is 0 Å². The molecule has 0 aromatic heterocycles. The summed E-state index contributed by atoms with van der Waals surface area (Å²) in [4.78, 5) is 12.3. The van der Waals surface area contributed by atoms with Crippen LogP contribution in [-0.2, 0) is 6.42 Å². The van der Waals surface area contributed by atoms with Crippen LogP contribution in [0.4, 0.5) is 0 Å². The number of ether oxygens (including phenoxy) is 2. The minimum Gasteiger partial charge on any atom is -0.497 e. The summed E-state index contributed by atoms with van der Waals surface area (Å²) in [6.07, 6.45) is 0.768. The molecule has 0 aliphatic heterocycles. The highest BCUT2D eigenvalue weighted by Gasteiger charge is 2.11. The van der Waals surface area contributed by atoms with Crippen molar-refractivity contribution in [2.24, 2.45) is 0 Å². The average molecular weight is 299 g/mol. The second kappa shape index (κ2) is 7.50. The number of benzene rings is 2. The van der Waals surface area contributed by atoms with Gasteiger partial charge < -0.3 is 14.8 Å². The van der Waals surface area contributed by atoms with Crippen LogP contribution in [0.3, 0.4) is 0 Å². The minimum absolute atomic E-state index is 0.117. The molecule has 0 atom stereocenters. The first-order valence-electron chi connectivity index (χ1n) is 7.20. The Kier molecular flexibility index (Phi) is 5.42. The molecule has 22 heavy (non-hydrogen) atoms. The van der Waals surface area contributed by atoms with E-state index in [2.05, 4.69) is 5.32 Å². The number of hydrogen-bond acceptors (Lipinski definition) is 3. The molecule has 0 saturated heterocycles. The number of methoxy groups -OCH3 is 2. The number of amides is 1. The Labute approximate surface area is 131 Å². The van der Waals surface area contributed by atoms with E-state index in [1.165, 1.54) is 0 Å². The number of carbonyl (C=O) groups is 1. The van der Waals surface area contributed by atoms with Crippen LogP contribution in [0.1, 0.15) is 21.5 Å². The standard InChI is InChI=1S/C18H21NO3/c1-13-4-9-17(22-3)16(12-13)18(20)19-11-10-14-5-7-15(21-2)8-6-14/h4-9,12H,10-11H2,1-3H3,(H,19,20). The summed E-state index contributed by atoms with van der Waals surface area (Å²) in [5.74, 6) is 1.30. The van der Waals surface area contributed by atoms with E-state index in [1.807, 2.05) is 49.4 Å². The smallest absolute Gasteiger partial charge is 0.255 e. The molecule has 0 aliphatic carbocycles. The molecule has 0 heterocycles. The van der Waals surface area contributed by atoms with Crippen LogP contribution in [0.25, 0.3) is 0 Å². The lowest BCUT2D eigenvalue weighted by molar-refractivity contribution is 0.0951. The molecule has 0 aliphatic rings. The van der Waals surface area contributed by atoms with E-state index < -0.39 is 0 Å². The van der Waals surface area contributed by atoms with Gasteiger partial charge >= 0.3 is 0 Å². The summed E-state index contributed by atoms with van der Waals surface area (Å²) in [5.41, 5.74) is 2.75. The first-order valence-corrected chi connectivity index (χ1v) is 7.20. The van der Waals surface area contributed by atoms with Crippen LogP contribution in [0.15, 0.2) is 42.5 Å². The summed E-state index contributed by atoms with van der Waals surface area (Å²) in [7, 11) is 3.21. The van der Waals surface area contributed by atoms with E-state index in [9.17, 15) is 4.79 Å². The Morgan fingerprint density at radius 3 is 2.41 bits per heavy atom. The molecule has 4 nitrogen and oxygen atoms in total. The third kappa shape index (κ3) is 4.01. The molecular formula is C18H21NO3. The van der Waals surface area contributed by atoms with Crippen LogP contribution < -0.4 is 14.8 Å². The molecule has 2 aromatic carbocycles. The summed E-state index contributed by atoms with van der Waals surface area (Å²) in [6.45, 7) is 2.52. The maximum absolute atomic E-state index is 12.3. The lowest BCUT2D eigenvalue weighted by Crippen LogP contribution is -2.26. The van der Waals surface area contributed by atoms with Gasteiger partial charge in [0.25, 0.3) is 5.91 Å². The van der Waals surface area contributed by atoms with E-state index in [0.717, 1.165) is 23.3 Å². The molecule has 116 valence electrons. The van der Waals surface area contributed by atoms with E-state index in [-0.39, 0.29) is 5.91 Å². The van der Waals surface area contributed by atoms with E-state index in [0.29, 0.717) is 17.9 Å². The number of carbonyl (C=O) groups excluding carboxylic acids is 1. The molecule has 0 spiro atoms. The molecule has 2 aromatic rings. The summed E-state index contributed by atoms with van der Waals surface area (Å²) >= 11 is 0. The Hall–Kier alpha value is -2.49. The SMILES string of the molecule is COc1ccc(CCNC(=O)c2cc(C)ccc2OC)cc1. The highest BCUT2D eigenvalue weighted by molar-refractivity contribution is 5.97. The Bertz CT molecular complexity index is 635. The second-order valence-corrected chi connectivity index (χ2v) is 5.06. The van der Waals surface area contributed by atoms with Crippen molar-refractivity contribution < 1.29 is 14.3 Å². The van der Waals surface area contributed by atoms with Crippen molar-refractivity contribution in [1.82, 2.24) is 5.32 Å². The predicted molar refractivity (Wildman–Crippen MR) is 86.8 cm³/mol. The highest BCUT2D eigenvalue weighted by Crippen LogP contribution is 2.19. The van der Waals surface area contributed by atoms with Gasteiger partial charge in [-0.25, -0.2) is 0 Å². The van der Waals surface area contributed by atoms with Crippen molar-refractivity contribution in [3.63, 3.8) is 0 Å². The largest absolute Gasteiger partial charge is 0.497 e. The van der Waals surface area contributed by atoms with E-state index in [1.54, 1.807) is 14.2 Å². The Morgan fingerprint density at radius 2 is 1.77 bits per heavy atom. The van der Waals surface area contributed by atoms with Gasteiger partial charge in [0.05, 0.1) is 19.8 Å². The van der Waals surface area contributed by atoms with Gasteiger partial charge in [-0.1, -0.05) is 23.8 Å². The summed E-state index contributed by atoms with van der Waals surface area (Å²) in [5, 5.41) is 2.93. The molecule has 1 amide bonds. The van der Waals surface area contributed by atoms with E-state index in [4.69, 9.17) is 9.47 Å². The summed E-state index contributed by atoms with van der Waals surface area (Å²) < 4.78 is 10.4. The molecule has 0 unspecified atom stereocenters. The monoisotopic (exact) mass is 299 g/mol. The molecule has 0 fully saturated rings. The molecule has 0 bridgehead atoms. The van der Waals surface area contributed by atoms with Gasteiger partial charge in [0.2, 0.25) is 0 Å². The topological polar surface area (TPSA) is 47.6 Å². The van der Waals surface area contributed by atoms with Crippen LogP contribution in [0, 0.1) is 6.92 Å². The highest BCUT2D eigenvalue weighted by atomic mass is 16.5. The van der Waals surface area contributed by atoms with Gasteiger partial charge in [-0.3, -0.25) is 4.79 Å². The molecule has 4 heteroatoms. The molecular weight excluding hydrogens is 278 g/mol. The van der Waals surface area contributed by atoms with Crippen molar-refractivity contribution >= 4 is 5.91 Å². The predicted octanol–water partition coefficient (Wildman–Crippen LogP) is 2.98. The van der Waals surface area contributed by atoms with Crippen molar-refractivity contribution in [1.29, 1.82) is 0 Å². The van der Waals surface area contributed by atoms with Crippen LogP contribution in [0.5, 0.6) is 11.5 Å². The minimum atomic E-state index is -0.117. The lowest BCUT2D eigenvalue weighted by Gasteiger charge is -2.10. The van der Waals surface area contributed by atoms with Gasteiger partial charge in [0.15, 0.2) is 0 Å². The third-order valence-electron chi connectivity index (χ3n) is 3.46. The fourth-order valence-corrected chi connectivity index (χ4v) is 2.21. The molecule has 1 N–H and O–H groups in total. The van der Waals surface area contributed by atoms with Crippen molar-refractivity contribution in [2.75, 3.05) is 20.8 Å². The summed E-state index contributed by atoms with van der Waals surface area (Å²) in [6, 6.07) is 13.4. The fourth-order valence-electron chi connectivity index (χ4n) is 2.21. The zero-order chi connectivity index (χ0) is 15.9. The number of hydrogen-bond donors (Lipinski definition) is 1. The van der Waals surface area contributed by atoms with Crippen LogP contribution in [0.2, 0.25) is 0 Å². The zero-order valence-electron chi connectivity index (χ0n) is 13.2. The number of rotatable bonds is 6. The van der Waals surface area contributed by atoms with Crippen molar-refractivity contribution in [2.45, 2.75) is 13.3 Å². The Balaban J connectivity index is 1.93. The van der Waals surface area contributed by atoms with E-state index >= 15 is 0 Å². The Morgan fingerprint density at radius 1 is 1.05 bits per heavy atom. The number of aryl methyl sites for hydroxylation is 1. The van der Waals surface area contributed by atoms with Gasteiger partial charge in [-0.05, 0) is 43.2 Å². The first kappa shape index (κ1) is 15.9. The van der Waals surface area contributed by atoms with Crippen molar-refractivity contribution in [3.05, 3.63) is 59.2 Å². The molecule has 2 rings (SSSR count). The van der Waals surface area contributed by atoms with Gasteiger partial charge in [0, 0.05) is 6.54 Å². The maximum Gasteiger partial charge on any atom is 0.255 e. The van der Waals surface area contributed by atoms with Gasteiger partial charge in [-0.15, -0.1) is 0 Å². The number of nitrogens with one attached hydrogen (secondary N) is 1. The lowest BCUT2D eigenvalue weighted by atomic mass is 10.1. The van der Waals surface area contributed by atoms with Gasteiger partial charge in [-0.2, -0.15) is 0 Å². The first-order chi connectivity index (χ1) is 10.6. The average Bonchev–Trinajstić information content (AvgIpc) is 2.55. The molecule has 0 radical (unpaired) electrons. The fraction of sp³-hybridized carbons (Fsp3) is 0.278. The van der Waals surface area contributed by atoms with Gasteiger partial charge in [0.1, 0.15) is 11.5 Å². The van der Waals surface area contributed by atoms with Crippen molar-refractivity contribution in [3.8, 4) is 11.5 Å². The second-order valence-electron chi connectivity index (χ2n) is 5.06. The zero-order valence-corrected chi connectivity index (χ0v) is 13.2. The quantitative estimate of drug-likeness (QED) is 0.892. The van der Waals surface area contributed by atoms with Crippen LogP contribution in [-0.4, -0.2) is 26.7 Å². The normalized spacial score (nSPS) is 10.1. The maximum atomic E-state index is 12.3. The third-order valence-corrected chi connectivity index (χ3v) is 3.46. The molecule has 0 saturated carbocycles.